The number of rotatable bonds is 2. The predicted molar refractivity (Wildman–Crippen MR) is 37.7 cm³/mol. The average Bonchev–Trinajstić information content (AvgIpc) is 2.37. The Hall–Kier alpha value is -0.290. The fraction of sp³-hybridized carbons (Fsp3) is 1.00. The number of aliphatic hydroxyl groups excluding tert-OH is 1. The smallest absolute Gasteiger partial charge is 0.384 e. The largest absolute Gasteiger partial charge is 0.414 e. The van der Waals surface area contributed by atoms with Crippen LogP contribution in [0.2, 0.25) is 0 Å². The highest BCUT2D eigenvalue weighted by atomic mass is 19.4. The first kappa shape index (κ1) is 9.80. The molecular weight excluding hydrogens is 171 g/mol. The standard InChI is InChI=1S/C7H12F3NO/c8-7(9,10)6(12)3-5-1-2-11-4-5/h5-6,11-12H,1-4H2. The summed E-state index contributed by atoms with van der Waals surface area (Å²) in [5.74, 6) is -0.0263. The van der Waals surface area contributed by atoms with Gasteiger partial charge in [0.1, 0.15) is 6.10 Å². The molecule has 1 aliphatic rings. The molecule has 2 atom stereocenters. The highest BCUT2D eigenvalue weighted by molar-refractivity contribution is 4.77. The molecule has 0 aromatic rings. The minimum absolute atomic E-state index is 0.0263. The lowest BCUT2D eigenvalue weighted by Gasteiger charge is -2.17. The SMILES string of the molecule is OC(CC1CCNC1)C(F)(F)F. The van der Waals surface area contributed by atoms with Gasteiger partial charge in [-0.25, -0.2) is 0 Å². The molecule has 1 aliphatic heterocycles. The maximum absolute atomic E-state index is 11.8. The van der Waals surface area contributed by atoms with Crippen LogP contribution >= 0.6 is 0 Å². The van der Waals surface area contributed by atoms with Crippen molar-refractivity contribution >= 4 is 0 Å². The van der Waals surface area contributed by atoms with Crippen molar-refractivity contribution in [2.45, 2.75) is 25.1 Å². The quantitative estimate of drug-likeness (QED) is 0.667. The van der Waals surface area contributed by atoms with Gasteiger partial charge in [0.2, 0.25) is 0 Å². The van der Waals surface area contributed by atoms with Crippen LogP contribution in [0.4, 0.5) is 13.2 Å². The van der Waals surface area contributed by atoms with E-state index in [-0.39, 0.29) is 12.3 Å². The Morgan fingerprint density at radius 3 is 2.58 bits per heavy atom. The zero-order valence-corrected chi connectivity index (χ0v) is 6.56. The third-order valence-corrected chi connectivity index (χ3v) is 2.10. The van der Waals surface area contributed by atoms with E-state index in [1.54, 1.807) is 0 Å². The maximum atomic E-state index is 11.8. The number of halogens is 3. The van der Waals surface area contributed by atoms with Gasteiger partial charge in [0, 0.05) is 0 Å². The Bertz CT molecular complexity index is 142. The van der Waals surface area contributed by atoms with E-state index in [9.17, 15) is 13.2 Å². The lowest BCUT2D eigenvalue weighted by atomic mass is 10.0. The summed E-state index contributed by atoms with van der Waals surface area (Å²) in [5.41, 5.74) is 0. The first-order valence-corrected chi connectivity index (χ1v) is 3.95. The Kier molecular flexibility index (Phi) is 2.95. The minimum atomic E-state index is -4.46. The van der Waals surface area contributed by atoms with Crippen LogP contribution in [0.3, 0.4) is 0 Å². The number of nitrogens with one attached hydrogen (secondary N) is 1. The molecule has 1 heterocycles. The Labute approximate surface area is 68.8 Å². The van der Waals surface area contributed by atoms with Gasteiger partial charge in [-0.15, -0.1) is 0 Å². The van der Waals surface area contributed by atoms with E-state index in [1.807, 2.05) is 0 Å². The van der Waals surface area contributed by atoms with Gasteiger partial charge in [0.15, 0.2) is 0 Å². The molecule has 0 radical (unpaired) electrons. The van der Waals surface area contributed by atoms with Crippen LogP contribution in [0.5, 0.6) is 0 Å². The van der Waals surface area contributed by atoms with Gasteiger partial charge in [-0.2, -0.15) is 13.2 Å². The van der Waals surface area contributed by atoms with E-state index >= 15 is 0 Å². The molecule has 1 saturated heterocycles. The van der Waals surface area contributed by atoms with Crippen molar-refractivity contribution in [1.29, 1.82) is 0 Å². The van der Waals surface area contributed by atoms with Crippen LogP contribution in [0, 0.1) is 5.92 Å². The summed E-state index contributed by atoms with van der Waals surface area (Å²) in [4.78, 5) is 0. The predicted octanol–water partition coefficient (Wildman–Crippen LogP) is 0.909. The molecule has 2 N–H and O–H groups in total. The molecule has 0 aromatic heterocycles. The summed E-state index contributed by atoms with van der Waals surface area (Å²) in [6.45, 7) is 1.35. The molecule has 0 saturated carbocycles. The van der Waals surface area contributed by atoms with Crippen molar-refractivity contribution in [2.24, 2.45) is 5.92 Å². The number of hydrogen-bond donors (Lipinski definition) is 2. The van der Waals surface area contributed by atoms with Crippen LogP contribution in [-0.4, -0.2) is 30.5 Å². The lowest BCUT2D eigenvalue weighted by molar-refractivity contribution is -0.208. The van der Waals surface area contributed by atoms with Gasteiger partial charge in [0.25, 0.3) is 0 Å². The third kappa shape index (κ3) is 2.64. The molecule has 0 aliphatic carbocycles. The molecule has 72 valence electrons. The second-order valence-electron chi connectivity index (χ2n) is 3.15. The average molecular weight is 183 g/mol. The van der Waals surface area contributed by atoms with E-state index < -0.39 is 12.3 Å². The van der Waals surface area contributed by atoms with E-state index in [4.69, 9.17) is 5.11 Å². The molecule has 0 spiro atoms. The summed E-state index contributed by atoms with van der Waals surface area (Å²) in [5, 5.41) is 11.6. The summed E-state index contributed by atoms with van der Waals surface area (Å²) in [7, 11) is 0. The fourth-order valence-electron chi connectivity index (χ4n) is 1.36. The van der Waals surface area contributed by atoms with Crippen LogP contribution < -0.4 is 5.32 Å². The normalized spacial score (nSPS) is 27.5. The zero-order chi connectivity index (χ0) is 9.19. The number of hydrogen-bond acceptors (Lipinski definition) is 2. The highest BCUT2D eigenvalue weighted by Gasteiger charge is 2.39. The van der Waals surface area contributed by atoms with Crippen LogP contribution in [0.15, 0.2) is 0 Å². The summed E-state index contributed by atoms with van der Waals surface area (Å²) >= 11 is 0. The number of alkyl halides is 3. The monoisotopic (exact) mass is 183 g/mol. The van der Waals surface area contributed by atoms with Crippen LogP contribution in [-0.2, 0) is 0 Å². The lowest BCUT2D eigenvalue weighted by Crippen LogP contribution is -2.31. The van der Waals surface area contributed by atoms with E-state index in [1.165, 1.54) is 0 Å². The van der Waals surface area contributed by atoms with E-state index in [0.29, 0.717) is 6.54 Å². The third-order valence-electron chi connectivity index (χ3n) is 2.10. The molecule has 5 heteroatoms. The molecule has 2 unspecified atom stereocenters. The molecule has 1 rings (SSSR count). The molecule has 0 aromatic carbocycles. The van der Waals surface area contributed by atoms with Crippen molar-refractivity contribution in [1.82, 2.24) is 5.32 Å². The topological polar surface area (TPSA) is 32.3 Å². The van der Waals surface area contributed by atoms with E-state index in [0.717, 1.165) is 13.0 Å². The Morgan fingerprint density at radius 1 is 1.50 bits per heavy atom. The highest BCUT2D eigenvalue weighted by Crippen LogP contribution is 2.26. The zero-order valence-electron chi connectivity index (χ0n) is 6.56. The summed E-state index contributed by atoms with van der Waals surface area (Å²) in [6, 6.07) is 0. The first-order valence-electron chi connectivity index (χ1n) is 3.95. The first-order chi connectivity index (χ1) is 5.50. The van der Waals surface area contributed by atoms with Crippen molar-refractivity contribution in [3.8, 4) is 0 Å². The van der Waals surface area contributed by atoms with Crippen molar-refractivity contribution in [3.63, 3.8) is 0 Å². The van der Waals surface area contributed by atoms with Gasteiger partial charge in [0.05, 0.1) is 0 Å². The van der Waals surface area contributed by atoms with Gasteiger partial charge >= 0.3 is 6.18 Å². The van der Waals surface area contributed by atoms with Crippen LogP contribution in [0.25, 0.3) is 0 Å². The second-order valence-corrected chi connectivity index (χ2v) is 3.15. The van der Waals surface area contributed by atoms with E-state index in [2.05, 4.69) is 5.32 Å². The van der Waals surface area contributed by atoms with Crippen molar-refractivity contribution < 1.29 is 18.3 Å². The Morgan fingerprint density at radius 2 is 2.17 bits per heavy atom. The maximum Gasteiger partial charge on any atom is 0.414 e. The molecule has 12 heavy (non-hydrogen) atoms. The molecular formula is C7H12F3NO. The molecule has 2 nitrogen and oxygen atoms in total. The van der Waals surface area contributed by atoms with Crippen molar-refractivity contribution in [3.05, 3.63) is 0 Å². The van der Waals surface area contributed by atoms with Gasteiger partial charge < -0.3 is 10.4 Å². The Balaban J connectivity index is 2.30. The van der Waals surface area contributed by atoms with Gasteiger partial charge in [-0.05, 0) is 31.8 Å². The minimum Gasteiger partial charge on any atom is -0.384 e. The van der Waals surface area contributed by atoms with Gasteiger partial charge in [-0.3, -0.25) is 0 Å². The van der Waals surface area contributed by atoms with Crippen LogP contribution in [0.1, 0.15) is 12.8 Å². The fourth-order valence-corrected chi connectivity index (χ4v) is 1.36. The molecule has 0 amide bonds. The second kappa shape index (κ2) is 3.62. The summed E-state index contributed by atoms with van der Waals surface area (Å²) < 4.78 is 35.5. The van der Waals surface area contributed by atoms with Crippen molar-refractivity contribution in [2.75, 3.05) is 13.1 Å². The van der Waals surface area contributed by atoms with Gasteiger partial charge in [-0.1, -0.05) is 0 Å². The number of aliphatic hydroxyl groups is 1. The molecule has 0 bridgehead atoms. The summed E-state index contributed by atoms with van der Waals surface area (Å²) in [6.07, 6.45) is -6.05. The molecule has 1 fully saturated rings.